The van der Waals surface area contributed by atoms with Gasteiger partial charge in [-0.25, -0.2) is 4.68 Å². The highest BCUT2D eigenvalue weighted by atomic mass is 35.5. The quantitative estimate of drug-likeness (QED) is 0.0915. The van der Waals surface area contributed by atoms with Crippen LogP contribution in [0.2, 0.25) is 5.28 Å². The summed E-state index contributed by atoms with van der Waals surface area (Å²) in [6.45, 7) is 10.3. The molecule has 2 atom stereocenters. The van der Waals surface area contributed by atoms with Gasteiger partial charge in [-0.2, -0.15) is 15.1 Å². The molecule has 0 radical (unpaired) electrons. The van der Waals surface area contributed by atoms with Gasteiger partial charge in [-0.1, -0.05) is 24.0 Å². The molecule has 1 spiro atoms. The van der Waals surface area contributed by atoms with Gasteiger partial charge in [0.15, 0.2) is 11.9 Å². The fourth-order valence-electron chi connectivity index (χ4n) is 6.05. The predicted octanol–water partition coefficient (Wildman–Crippen LogP) is 3.02. The first-order valence-corrected chi connectivity index (χ1v) is 16.7. The van der Waals surface area contributed by atoms with Crippen molar-refractivity contribution < 1.29 is 38.3 Å². The molecule has 258 valence electrons. The van der Waals surface area contributed by atoms with Crippen LogP contribution in [0.3, 0.4) is 0 Å². The van der Waals surface area contributed by atoms with Crippen LogP contribution in [0.25, 0.3) is 11.0 Å². The van der Waals surface area contributed by atoms with Crippen LogP contribution in [0.15, 0.2) is 37.1 Å². The molecule has 3 aliphatic rings. The van der Waals surface area contributed by atoms with Gasteiger partial charge in [0.05, 0.1) is 103 Å². The molecule has 3 aliphatic heterocycles. The van der Waals surface area contributed by atoms with Gasteiger partial charge in [0, 0.05) is 5.56 Å². The molecule has 2 fully saturated rings. The van der Waals surface area contributed by atoms with Crippen LogP contribution in [0.1, 0.15) is 35.8 Å². The zero-order valence-electron chi connectivity index (χ0n) is 27.0. The molecule has 0 bridgehead atoms. The minimum Gasteiger partial charge on any atom is -0.394 e. The lowest BCUT2D eigenvalue weighted by atomic mass is 9.84. The molecule has 14 heteroatoms. The first-order chi connectivity index (χ1) is 23.6. The summed E-state index contributed by atoms with van der Waals surface area (Å²) in [6.07, 6.45) is 4.48. The Morgan fingerprint density at radius 3 is 2.44 bits per heavy atom. The maximum Gasteiger partial charge on any atom is 0.226 e. The number of fused-ring (bicyclic) bond motifs is 3. The fraction of sp³-hybridized carbons (Fsp3) is 0.559. The van der Waals surface area contributed by atoms with Crippen LogP contribution < -0.4 is 4.90 Å². The SMILES string of the molecule is C=CCOCCOCCOCCOCCOCC#Cc1ccc2c(c1)COC21CN(c2nc(Cl)nc3c2cnn3C2CCC(CO)O2)C1. The Kier molecular flexibility index (Phi) is 12.3. The maximum absolute atomic E-state index is 9.47. The zero-order chi connectivity index (χ0) is 33.2. The number of hydrogen-bond donors (Lipinski definition) is 1. The van der Waals surface area contributed by atoms with Crippen LogP contribution >= 0.6 is 11.6 Å². The topological polar surface area (TPSA) is 132 Å². The van der Waals surface area contributed by atoms with Gasteiger partial charge in [-0.05, 0) is 47.7 Å². The van der Waals surface area contributed by atoms with E-state index >= 15 is 0 Å². The zero-order valence-corrected chi connectivity index (χ0v) is 27.7. The van der Waals surface area contributed by atoms with Gasteiger partial charge in [0.25, 0.3) is 0 Å². The number of aliphatic hydroxyl groups is 1. The van der Waals surface area contributed by atoms with E-state index in [1.165, 1.54) is 5.56 Å². The van der Waals surface area contributed by atoms with Gasteiger partial charge in [-0.15, -0.1) is 6.58 Å². The van der Waals surface area contributed by atoms with Crippen molar-refractivity contribution in [3.63, 3.8) is 0 Å². The Balaban J connectivity index is 0.909. The van der Waals surface area contributed by atoms with Crippen LogP contribution in [-0.4, -0.2) is 117 Å². The summed E-state index contributed by atoms with van der Waals surface area (Å²) in [4.78, 5) is 11.1. The average molecular weight is 684 g/mol. The smallest absolute Gasteiger partial charge is 0.226 e. The Hall–Kier alpha value is -3.16. The van der Waals surface area contributed by atoms with E-state index in [1.54, 1.807) is 17.0 Å². The number of benzene rings is 1. The molecule has 3 aromatic rings. The van der Waals surface area contributed by atoms with Gasteiger partial charge in [0.1, 0.15) is 18.0 Å². The van der Waals surface area contributed by atoms with Crippen molar-refractivity contribution in [2.24, 2.45) is 0 Å². The molecule has 0 saturated carbocycles. The molecular weight excluding hydrogens is 642 g/mol. The van der Waals surface area contributed by atoms with E-state index in [1.807, 2.05) is 6.07 Å². The van der Waals surface area contributed by atoms with E-state index in [4.69, 9.17) is 44.8 Å². The summed E-state index contributed by atoms with van der Waals surface area (Å²) in [7, 11) is 0. The van der Waals surface area contributed by atoms with E-state index in [9.17, 15) is 5.11 Å². The van der Waals surface area contributed by atoms with Crippen LogP contribution in [0.4, 0.5) is 5.82 Å². The minimum absolute atomic E-state index is 0.0172. The highest BCUT2D eigenvalue weighted by molar-refractivity contribution is 6.28. The third kappa shape index (κ3) is 8.34. The third-order valence-corrected chi connectivity index (χ3v) is 8.56. The highest BCUT2D eigenvalue weighted by Gasteiger charge is 2.51. The molecule has 2 saturated heterocycles. The Morgan fingerprint density at radius 1 is 1.00 bits per heavy atom. The molecule has 0 amide bonds. The van der Waals surface area contributed by atoms with E-state index in [0.717, 1.165) is 35.2 Å². The monoisotopic (exact) mass is 683 g/mol. The lowest BCUT2D eigenvalue weighted by Crippen LogP contribution is -2.59. The van der Waals surface area contributed by atoms with Crippen molar-refractivity contribution in [1.82, 2.24) is 19.7 Å². The molecular formula is C34H42ClN5O8. The molecule has 13 nitrogen and oxygen atoms in total. The second kappa shape index (κ2) is 17.0. The molecule has 2 aromatic heterocycles. The first-order valence-electron chi connectivity index (χ1n) is 16.3. The second-order valence-electron chi connectivity index (χ2n) is 11.7. The molecule has 1 aromatic carbocycles. The second-order valence-corrected chi connectivity index (χ2v) is 12.0. The molecule has 48 heavy (non-hydrogen) atoms. The number of halogens is 1. The number of nitrogens with zero attached hydrogens (tertiary/aromatic N) is 5. The van der Waals surface area contributed by atoms with Gasteiger partial charge < -0.3 is 43.2 Å². The Labute approximate surface area is 285 Å². The van der Waals surface area contributed by atoms with E-state index in [0.29, 0.717) is 91.4 Å². The number of rotatable bonds is 18. The Morgan fingerprint density at radius 2 is 1.73 bits per heavy atom. The summed E-state index contributed by atoms with van der Waals surface area (Å²) in [6, 6.07) is 6.23. The van der Waals surface area contributed by atoms with Crippen molar-refractivity contribution in [2.75, 3.05) is 90.7 Å². The number of anilines is 1. The van der Waals surface area contributed by atoms with Crippen molar-refractivity contribution in [3.05, 3.63) is 59.0 Å². The van der Waals surface area contributed by atoms with E-state index in [2.05, 4.69) is 50.5 Å². The number of ether oxygens (including phenoxy) is 7. The highest BCUT2D eigenvalue weighted by Crippen LogP contribution is 2.46. The number of aliphatic hydroxyl groups excluding tert-OH is 1. The summed E-state index contributed by atoms with van der Waals surface area (Å²) >= 11 is 6.37. The molecule has 2 unspecified atom stereocenters. The summed E-state index contributed by atoms with van der Waals surface area (Å²) in [5, 5.41) is 15.0. The van der Waals surface area contributed by atoms with Crippen molar-refractivity contribution in [2.45, 2.75) is 37.4 Å². The fourth-order valence-corrected chi connectivity index (χ4v) is 6.21. The molecule has 0 aliphatic carbocycles. The number of hydrogen-bond acceptors (Lipinski definition) is 12. The predicted molar refractivity (Wildman–Crippen MR) is 177 cm³/mol. The maximum atomic E-state index is 9.47. The van der Waals surface area contributed by atoms with Crippen LogP contribution in [-0.2, 0) is 45.4 Å². The van der Waals surface area contributed by atoms with E-state index < -0.39 is 5.60 Å². The molecule has 1 N–H and O–H groups in total. The van der Waals surface area contributed by atoms with Crippen LogP contribution in [0.5, 0.6) is 0 Å². The summed E-state index contributed by atoms with van der Waals surface area (Å²) in [5.74, 6) is 6.99. The third-order valence-electron chi connectivity index (χ3n) is 8.39. The Bertz CT molecular complexity index is 1590. The van der Waals surface area contributed by atoms with Crippen molar-refractivity contribution in [1.29, 1.82) is 0 Å². The van der Waals surface area contributed by atoms with Crippen molar-refractivity contribution in [3.8, 4) is 11.8 Å². The first kappa shape index (κ1) is 34.7. The normalized spacial score (nSPS) is 19.4. The average Bonchev–Trinajstić information content (AvgIpc) is 3.82. The number of aromatic nitrogens is 4. The van der Waals surface area contributed by atoms with E-state index in [-0.39, 0.29) is 24.2 Å². The summed E-state index contributed by atoms with van der Waals surface area (Å²) in [5.41, 5.74) is 3.44. The van der Waals surface area contributed by atoms with Crippen molar-refractivity contribution >= 4 is 28.5 Å². The summed E-state index contributed by atoms with van der Waals surface area (Å²) < 4.78 is 41.3. The van der Waals surface area contributed by atoms with Crippen LogP contribution in [0, 0.1) is 11.8 Å². The molecule has 6 rings (SSSR count). The standard InChI is InChI=1S/C34H42ClN5O8/c1-2-9-42-11-13-44-15-17-46-18-16-45-14-12-43-10-3-4-25-5-7-29-26(19-25)22-47-34(29)23-39(24-34)31-28-20-36-40(32(28)38-33(35)37-31)30-8-6-27(21-41)48-30/h2,5,7,19-20,27,30,41H,1,6,8-18,21-24H2. The largest absolute Gasteiger partial charge is 0.394 e. The minimum atomic E-state index is -0.410. The lowest BCUT2D eigenvalue weighted by Gasteiger charge is -2.48. The van der Waals surface area contributed by atoms with Gasteiger partial charge in [-0.3, -0.25) is 0 Å². The lowest BCUT2D eigenvalue weighted by molar-refractivity contribution is -0.0585. The molecule has 5 heterocycles. The van der Waals surface area contributed by atoms with Gasteiger partial charge >= 0.3 is 0 Å². The van der Waals surface area contributed by atoms with Gasteiger partial charge in [0.2, 0.25) is 5.28 Å².